The van der Waals surface area contributed by atoms with Crippen LogP contribution in [0.5, 0.6) is 0 Å². The van der Waals surface area contributed by atoms with Crippen LogP contribution in [-0.2, 0) is 4.74 Å². The first-order valence-electron chi connectivity index (χ1n) is 20.8. The van der Waals surface area contributed by atoms with Crippen molar-refractivity contribution in [2.45, 2.75) is 107 Å². The van der Waals surface area contributed by atoms with E-state index >= 15 is 0 Å². The molecule has 0 saturated heterocycles. The first-order chi connectivity index (χ1) is 27.5. The number of rotatable bonds is 12. The Balaban J connectivity index is 1.03. The van der Waals surface area contributed by atoms with Gasteiger partial charge in [0.2, 0.25) is 0 Å². The van der Waals surface area contributed by atoms with E-state index in [0.29, 0.717) is 13.2 Å². The minimum atomic E-state index is 0.277. The van der Waals surface area contributed by atoms with E-state index in [2.05, 4.69) is 139 Å². The zero-order valence-electron chi connectivity index (χ0n) is 35.4. The summed E-state index contributed by atoms with van der Waals surface area (Å²) in [5, 5.41) is 2.33. The lowest BCUT2D eigenvalue weighted by Crippen LogP contribution is -2.14. The normalized spacial score (nSPS) is 13.1. The zero-order chi connectivity index (χ0) is 40.1. The molecule has 0 aliphatic heterocycles. The molecule has 0 spiro atoms. The number of hydrogen-bond acceptors (Lipinski definition) is 5. The fourth-order valence-corrected chi connectivity index (χ4v) is 9.76. The maximum atomic E-state index is 6.48. The molecule has 2 unspecified atom stereocenters. The molecule has 6 aromatic heterocycles. The molecule has 0 radical (unpaired) electrons. The molecule has 0 N–H and O–H groups in total. The minimum absolute atomic E-state index is 0.277. The molecule has 8 rings (SSSR count). The van der Waals surface area contributed by atoms with Crippen LogP contribution in [0.1, 0.15) is 96.4 Å². The van der Waals surface area contributed by atoms with Crippen LogP contribution >= 0.6 is 0 Å². The topological polar surface area (TPSA) is 70.7 Å². The lowest BCUT2D eigenvalue weighted by atomic mass is 9.93. The summed E-state index contributed by atoms with van der Waals surface area (Å²) in [6, 6.07) is 18.3. The Bertz CT molecular complexity index is 2570. The van der Waals surface area contributed by atoms with Gasteiger partial charge in [0.25, 0.3) is 0 Å². The van der Waals surface area contributed by atoms with E-state index < -0.39 is 0 Å². The third-order valence-corrected chi connectivity index (χ3v) is 12.3. The van der Waals surface area contributed by atoms with E-state index in [1.807, 2.05) is 12.4 Å². The zero-order valence-corrected chi connectivity index (χ0v) is 35.4. The quantitative estimate of drug-likeness (QED) is 0.116. The summed E-state index contributed by atoms with van der Waals surface area (Å²) in [6.45, 7) is 23.3. The second-order valence-corrected chi connectivity index (χ2v) is 16.3. The average Bonchev–Trinajstić information content (AvgIpc) is 3.82. The summed E-state index contributed by atoms with van der Waals surface area (Å²) in [5.74, 6) is 0. The van der Waals surface area contributed by atoms with Crippen molar-refractivity contribution >= 4 is 43.9 Å². The molecule has 0 fully saturated rings. The standard InChI is InChI=1S/C50H56N6O/c1-11-37(55-21-15-39-35(9)53-45-41(13-19-51-47(45)49(39)55)43-31(5)25-29(3)26-32(43)6)17-23-57-24-18-38(12-2)56-22-16-40-36(10)54-46-42(14-20-52-48(46)50(40)56)44-33(7)27-30(4)28-34(44)8/h13-16,19-22,25-28,37-38H,11-12,17-18,23-24H2,1-10H3. The molecule has 7 nitrogen and oxygen atoms in total. The van der Waals surface area contributed by atoms with Gasteiger partial charge in [0.05, 0.1) is 22.1 Å². The predicted molar refractivity (Wildman–Crippen MR) is 238 cm³/mol. The molecule has 2 atom stereocenters. The van der Waals surface area contributed by atoms with Crippen LogP contribution in [0.2, 0.25) is 0 Å². The average molecular weight is 757 g/mol. The summed E-state index contributed by atoms with van der Waals surface area (Å²) in [5.41, 5.74) is 20.7. The molecular weight excluding hydrogens is 701 g/mol. The maximum absolute atomic E-state index is 6.48. The highest BCUT2D eigenvalue weighted by molar-refractivity contribution is 6.09. The number of benzene rings is 2. The van der Waals surface area contributed by atoms with E-state index in [9.17, 15) is 0 Å². The fourth-order valence-electron chi connectivity index (χ4n) is 9.76. The Morgan fingerprint density at radius 2 is 0.912 bits per heavy atom. The highest BCUT2D eigenvalue weighted by Crippen LogP contribution is 2.39. The molecule has 0 amide bonds. The van der Waals surface area contributed by atoms with Gasteiger partial charge in [-0.2, -0.15) is 0 Å². The monoisotopic (exact) mass is 756 g/mol. The van der Waals surface area contributed by atoms with E-state index in [0.717, 1.165) is 81.0 Å². The van der Waals surface area contributed by atoms with Crippen molar-refractivity contribution in [1.29, 1.82) is 0 Å². The first-order valence-corrected chi connectivity index (χ1v) is 20.8. The van der Waals surface area contributed by atoms with Crippen LogP contribution in [0.15, 0.2) is 73.3 Å². The van der Waals surface area contributed by atoms with E-state index in [4.69, 9.17) is 24.7 Å². The Hall–Kier alpha value is -5.40. The summed E-state index contributed by atoms with van der Waals surface area (Å²) in [6.07, 6.45) is 12.2. The van der Waals surface area contributed by atoms with Crippen molar-refractivity contribution in [3.8, 4) is 22.3 Å². The molecule has 0 saturated carbocycles. The number of nitrogens with zero attached hydrogens (tertiary/aromatic N) is 6. The molecule has 0 bridgehead atoms. The minimum Gasteiger partial charge on any atom is -0.381 e. The first kappa shape index (κ1) is 38.5. The molecule has 0 aliphatic carbocycles. The maximum Gasteiger partial charge on any atom is 0.114 e. The molecule has 0 aliphatic rings. The predicted octanol–water partition coefficient (Wildman–Crippen LogP) is 12.7. The fraction of sp³-hybridized carbons (Fsp3) is 0.360. The van der Waals surface area contributed by atoms with Gasteiger partial charge in [-0.3, -0.25) is 19.9 Å². The van der Waals surface area contributed by atoms with Gasteiger partial charge in [-0.25, -0.2) is 0 Å². The molecule has 7 heteroatoms. The largest absolute Gasteiger partial charge is 0.381 e. The highest BCUT2D eigenvalue weighted by Gasteiger charge is 2.22. The summed E-state index contributed by atoms with van der Waals surface area (Å²) >= 11 is 0. The van der Waals surface area contributed by atoms with Gasteiger partial charge in [0.1, 0.15) is 11.0 Å². The Morgan fingerprint density at radius 1 is 0.526 bits per heavy atom. The van der Waals surface area contributed by atoms with Crippen LogP contribution < -0.4 is 0 Å². The second kappa shape index (κ2) is 15.5. The van der Waals surface area contributed by atoms with Crippen molar-refractivity contribution in [3.63, 3.8) is 0 Å². The van der Waals surface area contributed by atoms with Gasteiger partial charge < -0.3 is 13.9 Å². The smallest absolute Gasteiger partial charge is 0.114 e. The van der Waals surface area contributed by atoms with Crippen molar-refractivity contribution in [3.05, 3.63) is 118 Å². The van der Waals surface area contributed by atoms with Crippen molar-refractivity contribution < 1.29 is 4.74 Å². The van der Waals surface area contributed by atoms with Crippen molar-refractivity contribution in [2.24, 2.45) is 0 Å². The molecule has 292 valence electrons. The number of fused-ring (bicyclic) bond motifs is 6. The molecule has 6 heterocycles. The SMILES string of the molecule is CCC(CCOCCC(CC)n1ccc2c(C)nc3c(-c4c(C)cc(C)cc4C)ccnc3c21)n1ccc2c(C)nc3c(-c4c(C)cc(C)cc4C)ccnc3c21. The molecular formula is C50H56N6O. The molecule has 8 aromatic rings. The van der Waals surface area contributed by atoms with E-state index in [1.54, 1.807) is 0 Å². The van der Waals surface area contributed by atoms with Gasteiger partial charge in [-0.15, -0.1) is 0 Å². The molecule has 2 aromatic carbocycles. The lowest BCUT2D eigenvalue weighted by Gasteiger charge is -2.22. The lowest BCUT2D eigenvalue weighted by molar-refractivity contribution is 0.109. The van der Waals surface area contributed by atoms with Crippen LogP contribution in [0.4, 0.5) is 0 Å². The Kier molecular flexibility index (Phi) is 10.5. The number of aryl methyl sites for hydroxylation is 8. The van der Waals surface area contributed by atoms with Crippen LogP contribution in [0.3, 0.4) is 0 Å². The van der Waals surface area contributed by atoms with Gasteiger partial charge >= 0.3 is 0 Å². The van der Waals surface area contributed by atoms with Gasteiger partial charge in [-0.1, -0.05) is 49.2 Å². The number of aromatic nitrogens is 6. The van der Waals surface area contributed by atoms with Crippen LogP contribution in [0.25, 0.3) is 66.1 Å². The van der Waals surface area contributed by atoms with Gasteiger partial charge in [-0.05, 0) is 139 Å². The van der Waals surface area contributed by atoms with Gasteiger partial charge in [0, 0.05) is 83.4 Å². The number of ether oxygens (including phenoxy) is 1. The van der Waals surface area contributed by atoms with Crippen molar-refractivity contribution in [1.82, 2.24) is 29.1 Å². The third kappa shape index (κ3) is 6.80. The third-order valence-electron chi connectivity index (χ3n) is 12.3. The van der Waals surface area contributed by atoms with Crippen LogP contribution in [-0.4, -0.2) is 42.3 Å². The summed E-state index contributed by atoms with van der Waals surface area (Å²) in [4.78, 5) is 20.3. The highest BCUT2D eigenvalue weighted by atomic mass is 16.5. The van der Waals surface area contributed by atoms with Crippen LogP contribution in [0, 0.1) is 55.4 Å². The van der Waals surface area contributed by atoms with Gasteiger partial charge in [0.15, 0.2) is 0 Å². The second-order valence-electron chi connectivity index (χ2n) is 16.3. The number of pyridine rings is 4. The van der Waals surface area contributed by atoms with E-state index in [-0.39, 0.29) is 12.1 Å². The van der Waals surface area contributed by atoms with Crippen molar-refractivity contribution in [2.75, 3.05) is 13.2 Å². The Labute approximate surface area is 337 Å². The molecule has 57 heavy (non-hydrogen) atoms. The summed E-state index contributed by atoms with van der Waals surface area (Å²) in [7, 11) is 0. The number of hydrogen-bond donors (Lipinski definition) is 0. The van der Waals surface area contributed by atoms with E-state index in [1.165, 1.54) is 55.5 Å². The summed E-state index contributed by atoms with van der Waals surface area (Å²) < 4.78 is 11.4. The Morgan fingerprint density at radius 3 is 1.28 bits per heavy atom.